The lowest BCUT2D eigenvalue weighted by Gasteiger charge is -2.34. The molecule has 2 aliphatic rings. The Hall–Kier alpha value is -2.19. The lowest BCUT2D eigenvalue weighted by molar-refractivity contribution is 0.382. The summed E-state index contributed by atoms with van der Waals surface area (Å²) in [5, 5.41) is 0. The highest BCUT2D eigenvalue weighted by molar-refractivity contribution is 7.89. The summed E-state index contributed by atoms with van der Waals surface area (Å²) in [6.45, 7) is 12.2. The molecule has 31 heavy (non-hydrogen) atoms. The fraction of sp³-hybridized carbons (Fsp3) is 0.565. The summed E-state index contributed by atoms with van der Waals surface area (Å²) in [7, 11) is -3.53. The minimum absolute atomic E-state index is 0.287. The lowest BCUT2D eigenvalue weighted by Crippen LogP contribution is -2.49. The molecule has 0 atom stereocenters. The fourth-order valence-corrected chi connectivity index (χ4v) is 5.99. The zero-order valence-electron chi connectivity index (χ0n) is 19.0. The fourth-order valence-electron chi connectivity index (χ4n) is 4.31. The van der Waals surface area contributed by atoms with E-state index >= 15 is 0 Å². The molecule has 7 nitrogen and oxygen atoms in total. The average molecular weight is 444 g/mol. The number of benzene rings is 1. The van der Waals surface area contributed by atoms with E-state index in [1.807, 2.05) is 38.1 Å². The van der Waals surface area contributed by atoms with E-state index in [1.165, 1.54) is 12.8 Å². The zero-order chi connectivity index (χ0) is 22.2. The van der Waals surface area contributed by atoms with Crippen LogP contribution in [-0.4, -0.2) is 62.0 Å². The van der Waals surface area contributed by atoms with Crippen molar-refractivity contribution in [2.45, 2.75) is 51.3 Å². The Kier molecular flexibility index (Phi) is 6.21. The Morgan fingerprint density at radius 1 is 0.871 bits per heavy atom. The minimum atomic E-state index is -3.53. The highest BCUT2D eigenvalue weighted by Gasteiger charge is 2.31. The molecule has 8 heteroatoms. The molecule has 2 aromatic rings. The minimum Gasteiger partial charge on any atom is -0.356 e. The van der Waals surface area contributed by atoms with Crippen LogP contribution in [0.2, 0.25) is 0 Å². The maximum absolute atomic E-state index is 13.4. The van der Waals surface area contributed by atoms with Gasteiger partial charge in [-0.15, -0.1) is 0 Å². The number of sulfonamides is 1. The first kappa shape index (κ1) is 22.0. The monoisotopic (exact) mass is 443 g/mol. The Balaban J connectivity index is 1.51. The molecule has 0 spiro atoms. The van der Waals surface area contributed by atoms with Crippen molar-refractivity contribution in [3.8, 4) is 0 Å². The first-order valence-corrected chi connectivity index (χ1v) is 12.7. The van der Waals surface area contributed by atoms with Crippen LogP contribution in [0.3, 0.4) is 0 Å². The van der Waals surface area contributed by atoms with Crippen molar-refractivity contribution in [3.63, 3.8) is 0 Å². The Bertz CT molecular complexity index is 1040. The summed E-state index contributed by atoms with van der Waals surface area (Å²) in [6, 6.07) is 7.82. The van der Waals surface area contributed by atoms with E-state index < -0.39 is 10.0 Å². The van der Waals surface area contributed by atoms with Crippen LogP contribution in [0.4, 0.5) is 11.8 Å². The van der Waals surface area contributed by atoms with E-state index in [1.54, 1.807) is 4.31 Å². The van der Waals surface area contributed by atoms with Crippen LogP contribution in [-0.2, 0) is 10.0 Å². The summed E-state index contributed by atoms with van der Waals surface area (Å²) in [6.07, 6.45) is 2.40. The van der Waals surface area contributed by atoms with Crippen molar-refractivity contribution < 1.29 is 8.42 Å². The number of hydrogen-bond donors (Lipinski definition) is 0. The van der Waals surface area contributed by atoms with Gasteiger partial charge >= 0.3 is 0 Å². The number of piperazine rings is 1. The summed E-state index contributed by atoms with van der Waals surface area (Å²) in [4.78, 5) is 14.3. The van der Waals surface area contributed by atoms with Gasteiger partial charge < -0.3 is 9.80 Å². The van der Waals surface area contributed by atoms with Gasteiger partial charge in [0.2, 0.25) is 16.0 Å². The van der Waals surface area contributed by atoms with Crippen LogP contribution in [0.1, 0.15) is 49.4 Å². The molecule has 0 aliphatic carbocycles. The number of anilines is 2. The predicted molar refractivity (Wildman–Crippen MR) is 124 cm³/mol. The van der Waals surface area contributed by atoms with Crippen molar-refractivity contribution in [2.24, 2.45) is 0 Å². The van der Waals surface area contributed by atoms with E-state index in [9.17, 15) is 8.42 Å². The Morgan fingerprint density at radius 2 is 1.55 bits per heavy atom. The molecule has 1 aromatic carbocycles. The molecule has 4 rings (SSSR count). The van der Waals surface area contributed by atoms with E-state index in [2.05, 4.69) is 28.6 Å². The van der Waals surface area contributed by atoms with Crippen molar-refractivity contribution in [1.82, 2.24) is 14.3 Å². The third kappa shape index (κ3) is 4.55. The van der Waals surface area contributed by atoms with Gasteiger partial charge in [0.05, 0.1) is 4.90 Å². The van der Waals surface area contributed by atoms with Crippen molar-refractivity contribution in [1.29, 1.82) is 0 Å². The van der Waals surface area contributed by atoms with Gasteiger partial charge in [0.25, 0.3) is 0 Å². The second-order valence-electron chi connectivity index (χ2n) is 8.93. The molecular weight excluding hydrogens is 410 g/mol. The number of rotatable bonds is 5. The van der Waals surface area contributed by atoms with Crippen LogP contribution in [0.25, 0.3) is 0 Å². The first-order valence-electron chi connectivity index (χ1n) is 11.2. The molecule has 2 aliphatic heterocycles. The number of hydrogen-bond acceptors (Lipinski definition) is 6. The summed E-state index contributed by atoms with van der Waals surface area (Å²) in [5.74, 6) is 1.97. The van der Waals surface area contributed by atoms with E-state index in [0.29, 0.717) is 37.0 Å². The third-order valence-corrected chi connectivity index (χ3v) is 8.32. The van der Waals surface area contributed by atoms with Crippen LogP contribution in [0.15, 0.2) is 29.2 Å². The molecule has 168 valence electrons. The molecule has 0 amide bonds. The Labute approximate surface area is 186 Å². The van der Waals surface area contributed by atoms with Gasteiger partial charge in [-0.3, -0.25) is 0 Å². The standard InChI is InChI=1S/C23H33N5O2S/c1-17(2)20-8-7-18(3)21(16-20)31(29,30)28-13-11-27(12-14-28)23-24-19(4)15-22(25-23)26-9-5-6-10-26/h7-8,15-17H,5-6,9-14H2,1-4H3. The van der Waals surface area contributed by atoms with Crippen molar-refractivity contribution >= 4 is 21.8 Å². The normalized spacial score (nSPS) is 18.2. The van der Waals surface area contributed by atoms with Gasteiger partial charge in [0.15, 0.2) is 0 Å². The third-order valence-electron chi connectivity index (χ3n) is 6.28. The van der Waals surface area contributed by atoms with Crippen molar-refractivity contribution in [2.75, 3.05) is 49.1 Å². The molecule has 3 heterocycles. The molecule has 0 unspecified atom stereocenters. The molecule has 2 fully saturated rings. The van der Waals surface area contributed by atoms with Gasteiger partial charge in [-0.25, -0.2) is 13.4 Å². The van der Waals surface area contributed by atoms with Gasteiger partial charge in [-0.2, -0.15) is 9.29 Å². The molecule has 0 radical (unpaired) electrons. The second kappa shape index (κ2) is 8.74. The smallest absolute Gasteiger partial charge is 0.243 e. The highest BCUT2D eigenvalue weighted by atomic mass is 32.2. The van der Waals surface area contributed by atoms with Crippen LogP contribution < -0.4 is 9.80 Å². The van der Waals surface area contributed by atoms with Crippen LogP contribution >= 0.6 is 0 Å². The highest BCUT2D eigenvalue weighted by Crippen LogP contribution is 2.27. The number of nitrogens with zero attached hydrogens (tertiary/aromatic N) is 5. The van der Waals surface area contributed by atoms with Gasteiger partial charge in [-0.05, 0) is 49.8 Å². The molecule has 0 bridgehead atoms. The maximum atomic E-state index is 13.4. The molecule has 1 aromatic heterocycles. The largest absolute Gasteiger partial charge is 0.356 e. The lowest BCUT2D eigenvalue weighted by atomic mass is 10.0. The van der Waals surface area contributed by atoms with Crippen LogP contribution in [0, 0.1) is 13.8 Å². The topological polar surface area (TPSA) is 69.6 Å². The molecular formula is C23H33N5O2S. The number of aryl methyl sites for hydroxylation is 2. The number of aromatic nitrogens is 2. The molecule has 0 saturated carbocycles. The Morgan fingerprint density at radius 3 is 2.19 bits per heavy atom. The first-order chi connectivity index (χ1) is 14.8. The van der Waals surface area contributed by atoms with Gasteiger partial charge in [0.1, 0.15) is 5.82 Å². The van der Waals surface area contributed by atoms with Crippen molar-refractivity contribution in [3.05, 3.63) is 41.1 Å². The van der Waals surface area contributed by atoms with Crippen LogP contribution in [0.5, 0.6) is 0 Å². The van der Waals surface area contributed by atoms with E-state index in [0.717, 1.165) is 35.7 Å². The predicted octanol–water partition coefficient (Wildman–Crippen LogP) is 3.33. The summed E-state index contributed by atoms with van der Waals surface area (Å²) < 4.78 is 28.4. The summed E-state index contributed by atoms with van der Waals surface area (Å²) >= 11 is 0. The summed E-state index contributed by atoms with van der Waals surface area (Å²) in [5.41, 5.74) is 2.79. The molecule has 0 N–H and O–H groups in total. The van der Waals surface area contributed by atoms with Gasteiger partial charge in [0, 0.05) is 51.0 Å². The second-order valence-corrected chi connectivity index (χ2v) is 10.8. The average Bonchev–Trinajstić information content (AvgIpc) is 3.28. The molecule has 2 saturated heterocycles. The SMILES string of the molecule is Cc1cc(N2CCCC2)nc(N2CCN(S(=O)(=O)c3cc(C(C)C)ccc3C)CC2)n1. The maximum Gasteiger partial charge on any atom is 0.243 e. The van der Waals surface area contributed by atoms with Gasteiger partial charge in [-0.1, -0.05) is 26.0 Å². The van der Waals surface area contributed by atoms with E-state index in [-0.39, 0.29) is 5.92 Å². The van der Waals surface area contributed by atoms with E-state index in [4.69, 9.17) is 4.98 Å². The zero-order valence-corrected chi connectivity index (χ0v) is 19.8. The quantitative estimate of drug-likeness (QED) is 0.706.